The van der Waals surface area contributed by atoms with Gasteiger partial charge in [-0.3, -0.25) is 4.79 Å². The standard InChI is InChI=1S/C21H26FNOS/c1-14(2)23(21(24)16-9-7-15(3)8-10-16)19-12-20(25-13-19)17-5-4-6-18(22)11-17/h4-6,11-16H,7-10H2,1-3H3. The van der Waals surface area contributed by atoms with Gasteiger partial charge in [-0.1, -0.05) is 19.1 Å². The molecule has 1 fully saturated rings. The Hall–Kier alpha value is -1.68. The zero-order valence-electron chi connectivity index (χ0n) is 15.2. The predicted molar refractivity (Wildman–Crippen MR) is 103 cm³/mol. The molecule has 0 bridgehead atoms. The molecule has 0 radical (unpaired) electrons. The lowest BCUT2D eigenvalue weighted by Gasteiger charge is -2.33. The van der Waals surface area contributed by atoms with Crippen molar-refractivity contribution < 1.29 is 9.18 Å². The van der Waals surface area contributed by atoms with Gasteiger partial charge in [0.2, 0.25) is 5.91 Å². The number of halogens is 1. The van der Waals surface area contributed by atoms with E-state index in [9.17, 15) is 9.18 Å². The summed E-state index contributed by atoms with van der Waals surface area (Å²) < 4.78 is 13.5. The van der Waals surface area contributed by atoms with Gasteiger partial charge in [0.25, 0.3) is 0 Å². The van der Waals surface area contributed by atoms with Crippen LogP contribution in [0.3, 0.4) is 0 Å². The lowest BCUT2D eigenvalue weighted by molar-refractivity contribution is -0.123. The second kappa shape index (κ2) is 7.69. The van der Waals surface area contributed by atoms with Crippen LogP contribution in [0.15, 0.2) is 35.7 Å². The molecule has 1 saturated carbocycles. The third-order valence-corrected chi connectivity index (χ3v) is 6.06. The van der Waals surface area contributed by atoms with Crippen LogP contribution in [0.1, 0.15) is 46.5 Å². The molecule has 0 saturated heterocycles. The van der Waals surface area contributed by atoms with Gasteiger partial charge in [-0.25, -0.2) is 4.39 Å². The van der Waals surface area contributed by atoms with Crippen molar-refractivity contribution in [2.24, 2.45) is 11.8 Å². The molecule has 3 rings (SSSR count). The van der Waals surface area contributed by atoms with Gasteiger partial charge in [-0.15, -0.1) is 11.3 Å². The second-order valence-corrected chi connectivity index (χ2v) is 8.35. The van der Waals surface area contributed by atoms with Gasteiger partial charge in [0.15, 0.2) is 0 Å². The van der Waals surface area contributed by atoms with E-state index in [1.807, 2.05) is 22.4 Å². The molecule has 1 aromatic carbocycles. The average Bonchev–Trinajstić information content (AvgIpc) is 3.05. The minimum atomic E-state index is -0.236. The summed E-state index contributed by atoms with van der Waals surface area (Å²) in [6.45, 7) is 6.39. The fourth-order valence-electron chi connectivity index (χ4n) is 3.63. The van der Waals surface area contributed by atoms with Gasteiger partial charge in [-0.05, 0) is 69.2 Å². The zero-order chi connectivity index (χ0) is 18.0. The Kier molecular flexibility index (Phi) is 5.57. The maximum Gasteiger partial charge on any atom is 0.230 e. The van der Waals surface area contributed by atoms with Crippen molar-refractivity contribution in [3.63, 3.8) is 0 Å². The molecule has 0 unspecified atom stereocenters. The summed E-state index contributed by atoms with van der Waals surface area (Å²) in [6, 6.07) is 8.75. The summed E-state index contributed by atoms with van der Waals surface area (Å²) in [5, 5.41) is 2.02. The predicted octanol–water partition coefficient (Wildman–Crippen LogP) is 6.12. The van der Waals surface area contributed by atoms with Gasteiger partial charge in [0, 0.05) is 22.2 Å². The highest BCUT2D eigenvalue weighted by Crippen LogP contribution is 2.36. The van der Waals surface area contributed by atoms with E-state index in [-0.39, 0.29) is 23.7 Å². The third kappa shape index (κ3) is 4.12. The Bertz CT molecular complexity index is 731. The Morgan fingerprint density at radius 2 is 1.92 bits per heavy atom. The quantitative estimate of drug-likeness (QED) is 0.644. The number of hydrogen-bond acceptors (Lipinski definition) is 2. The second-order valence-electron chi connectivity index (χ2n) is 7.44. The number of hydrogen-bond donors (Lipinski definition) is 0. The first kappa shape index (κ1) is 18.1. The van der Waals surface area contributed by atoms with Crippen LogP contribution in [0.2, 0.25) is 0 Å². The number of carbonyl (C=O) groups excluding carboxylic acids is 1. The molecule has 2 aromatic rings. The zero-order valence-corrected chi connectivity index (χ0v) is 16.0. The third-order valence-electron chi connectivity index (χ3n) is 5.09. The maximum atomic E-state index is 13.5. The van der Waals surface area contributed by atoms with Crippen LogP contribution in [-0.2, 0) is 4.79 Å². The molecule has 1 heterocycles. The van der Waals surface area contributed by atoms with Gasteiger partial charge in [-0.2, -0.15) is 0 Å². The molecule has 25 heavy (non-hydrogen) atoms. The van der Waals surface area contributed by atoms with Crippen LogP contribution < -0.4 is 4.90 Å². The van der Waals surface area contributed by atoms with Crippen LogP contribution >= 0.6 is 11.3 Å². The van der Waals surface area contributed by atoms with E-state index >= 15 is 0 Å². The summed E-state index contributed by atoms with van der Waals surface area (Å²) in [5.41, 5.74) is 1.79. The van der Waals surface area contributed by atoms with Crippen molar-refractivity contribution in [1.82, 2.24) is 0 Å². The number of carbonyl (C=O) groups is 1. The Morgan fingerprint density at radius 1 is 1.20 bits per heavy atom. The molecule has 0 N–H and O–H groups in total. The van der Waals surface area contributed by atoms with Gasteiger partial charge >= 0.3 is 0 Å². The molecule has 1 amide bonds. The lowest BCUT2D eigenvalue weighted by Crippen LogP contribution is -2.41. The summed E-state index contributed by atoms with van der Waals surface area (Å²) in [6.07, 6.45) is 4.26. The maximum absolute atomic E-state index is 13.5. The van der Waals surface area contributed by atoms with Gasteiger partial charge in [0.1, 0.15) is 5.82 Å². The Balaban J connectivity index is 1.83. The van der Waals surface area contributed by atoms with Crippen molar-refractivity contribution in [3.8, 4) is 10.4 Å². The van der Waals surface area contributed by atoms with E-state index in [0.717, 1.165) is 47.7 Å². The molecule has 1 aliphatic rings. The van der Waals surface area contributed by atoms with Crippen molar-refractivity contribution in [2.45, 2.75) is 52.5 Å². The average molecular weight is 360 g/mol. The first-order valence-electron chi connectivity index (χ1n) is 9.13. The molecule has 1 aromatic heterocycles. The van der Waals surface area contributed by atoms with Gasteiger partial charge < -0.3 is 4.90 Å². The highest BCUT2D eigenvalue weighted by Gasteiger charge is 2.30. The monoisotopic (exact) mass is 359 g/mol. The van der Waals surface area contributed by atoms with Crippen LogP contribution in [0.4, 0.5) is 10.1 Å². The SMILES string of the molecule is CC1CCC(C(=O)N(c2csc(-c3cccc(F)c3)c2)C(C)C)CC1. The first-order valence-corrected chi connectivity index (χ1v) is 10.0. The van der Waals surface area contributed by atoms with Crippen molar-refractivity contribution in [1.29, 1.82) is 0 Å². The largest absolute Gasteiger partial charge is 0.309 e. The number of benzene rings is 1. The number of rotatable bonds is 4. The van der Waals surface area contributed by atoms with E-state index in [2.05, 4.69) is 20.8 Å². The van der Waals surface area contributed by atoms with E-state index in [4.69, 9.17) is 0 Å². The number of amides is 1. The first-order chi connectivity index (χ1) is 12.0. The smallest absolute Gasteiger partial charge is 0.230 e. The van der Waals surface area contributed by atoms with Crippen LogP contribution in [0, 0.1) is 17.7 Å². The topological polar surface area (TPSA) is 20.3 Å². The molecule has 0 spiro atoms. The lowest BCUT2D eigenvalue weighted by atomic mass is 9.82. The number of thiophene rings is 1. The molecule has 0 atom stereocenters. The molecule has 1 aliphatic carbocycles. The number of anilines is 1. The normalized spacial score (nSPS) is 20.7. The summed E-state index contributed by atoms with van der Waals surface area (Å²) >= 11 is 1.56. The fourth-order valence-corrected chi connectivity index (χ4v) is 4.51. The van der Waals surface area contributed by atoms with Crippen molar-refractivity contribution in [3.05, 3.63) is 41.5 Å². The Labute approximate surface area is 153 Å². The van der Waals surface area contributed by atoms with Crippen molar-refractivity contribution in [2.75, 3.05) is 4.90 Å². The van der Waals surface area contributed by atoms with Crippen LogP contribution in [0.25, 0.3) is 10.4 Å². The fraction of sp³-hybridized carbons (Fsp3) is 0.476. The molecule has 134 valence electrons. The highest BCUT2D eigenvalue weighted by molar-refractivity contribution is 7.14. The molecule has 0 aliphatic heterocycles. The number of nitrogens with zero attached hydrogens (tertiary/aromatic N) is 1. The summed E-state index contributed by atoms with van der Waals surface area (Å²) in [7, 11) is 0. The van der Waals surface area contributed by atoms with E-state index in [1.54, 1.807) is 23.5 Å². The van der Waals surface area contributed by atoms with E-state index in [1.165, 1.54) is 6.07 Å². The summed E-state index contributed by atoms with van der Waals surface area (Å²) in [4.78, 5) is 16.0. The van der Waals surface area contributed by atoms with Crippen molar-refractivity contribution >= 4 is 22.9 Å². The Morgan fingerprint density at radius 3 is 2.56 bits per heavy atom. The van der Waals surface area contributed by atoms with E-state index < -0.39 is 0 Å². The minimum Gasteiger partial charge on any atom is -0.309 e. The van der Waals surface area contributed by atoms with Crippen LogP contribution in [-0.4, -0.2) is 11.9 Å². The molecular weight excluding hydrogens is 333 g/mol. The van der Waals surface area contributed by atoms with E-state index in [0.29, 0.717) is 0 Å². The summed E-state index contributed by atoms with van der Waals surface area (Å²) in [5.74, 6) is 0.874. The minimum absolute atomic E-state index is 0.113. The molecule has 2 nitrogen and oxygen atoms in total. The highest BCUT2D eigenvalue weighted by atomic mass is 32.1. The van der Waals surface area contributed by atoms with Gasteiger partial charge in [0.05, 0.1) is 5.69 Å². The molecule has 4 heteroatoms. The van der Waals surface area contributed by atoms with Crippen LogP contribution in [0.5, 0.6) is 0 Å². The molecular formula is C21H26FNOS.